The number of pyridine rings is 1. The molecule has 0 amide bonds. The van der Waals surface area contributed by atoms with E-state index in [2.05, 4.69) is 0 Å². The molecule has 5 nitrogen and oxygen atoms in total. The van der Waals surface area contributed by atoms with Gasteiger partial charge in [0.1, 0.15) is 21.2 Å². The van der Waals surface area contributed by atoms with Gasteiger partial charge in [-0.3, -0.25) is 0 Å². The Morgan fingerprint density at radius 1 is 1.36 bits per heavy atom. The van der Waals surface area contributed by atoms with Gasteiger partial charge < -0.3 is 14.9 Å². The molecule has 0 saturated heterocycles. The molecule has 3 aromatic rings. The minimum Gasteiger partial charge on any atom is -0.462 e. The molecule has 0 aromatic carbocycles. The summed E-state index contributed by atoms with van der Waals surface area (Å²) in [6, 6.07) is 3.92. The molecular formula is C19H20N2O3S. The molecule has 0 aliphatic heterocycles. The van der Waals surface area contributed by atoms with Crippen LogP contribution < -0.4 is 5.73 Å². The van der Waals surface area contributed by atoms with Gasteiger partial charge in [-0.2, -0.15) is 0 Å². The summed E-state index contributed by atoms with van der Waals surface area (Å²) >= 11 is 1.31. The molecule has 3 aromatic heterocycles. The van der Waals surface area contributed by atoms with Crippen LogP contribution in [-0.4, -0.2) is 17.6 Å². The maximum Gasteiger partial charge on any atom is 0.350 e. The van der Waals surface area contributed by atoms with E-state index in [1.165, 1.54) is 16.9 Å². The van der Waals surface area contributed by atoms with E-state index in [0.29, 0.717) is 17.2 Å². The number of anilines is 1. The van der Waals surface area contributed by atoms with Gasteiger partial charge in [0.25, 0.3) is 0 Å². The predicted molar refractivity (Wildman–Crippen MR) is 99.1 cm³/mol. The summed E-state index contributed by atoms with van der Waals surface area (Å²) in [4.78, 5) is 18.3. The molecule has 0 bridgehead atoms. The number of fused-ring (bicyclic) bond motifs is 2. The number of ether oxygens (including phenoxy) is 1. The largest absolute Gasteiger partial charge is 0.462 e. The van der Waals surface area contributed by atoms with Crippen molar-refractivity contribution in [3.63, 3.8) is 0 Å². The lowest BCUT2D eigenvalue weighted by Crippen LogP contribution is -2.08. The molecule has 0 unspecified atom stereocenters. The van der Waals surface area contributed by atoms with Gasteiger partial charge in [-0.05, 0) is 57.2 Å². The zero-order chi connectivity index (χ0) is 17.6. The Morgan fingerprint density at radius 3 is 2.88 bits per heavy atom. The van der Waals surface area contributed by atoms with Crippen LogP contribution in [0.3, 0.4) is 0 Å². The third kappa shape index (κ3) is 2.61. The van der Waals surface area contributed by atoms with Crippen molar-refractivity contribution in [3.05, 3.63) is 34.0 Å². The zero-order valence-electron chi connectivity index (χ0n) is 14.3. The summed E-state index contributed by atoms with van der Waals surface area (Å²) in [6.45, 7) is 4.03. The Morgan fingerprint density at radius 2 is 2.16 bits per heavy atom. The maximum absolute atomic E-state index is 12.3. The van der Waals surface area contributed by atoms with Crippen LogP contribution in [0.5, 0.6) is 0 Å². The number of hydrogen-bond acceptors (Lipinski definition) is 6. The van der Waals surface area contributed by atoms with Crippen molar-refractivity contribution in [1.29, 1.82) is 0 Å². The molecule has 0 radical (unpaired) electrons. The fraction of sp³-hybridized carbons (Fsp3) is 0.368. The quantitative estimate of drug-likeness (QED) is 0.699. The van der Waals surface area contributed by atoms with E-state index >= 15 is 0 Å². The average Bonchev–Trinajstić information content (AvgIpc) is 3.17. The van der Waals surface area contributed by atoms with E-state index in [0.717, 1.165) is 58.7 Å². The van der Waals surface area contributed by atoms with Gasteiger partial charge in [0.2, 0.25) is 0 Å². The van der Waals surface area contributed by atoms with Crippen LogP contribution in [-0.2, 0) is 17.6 Å². The van der Waals surface area contributed by atoms with E-state index in [1.54, 1.807) is 6.92 Å². The Balaban J connectivity index is 2.03. The smallest absolute Gasteiger partial charge is 0.350 e. The molecule has 2 N–H and O–H groups in total. The predicted octanol–water partition coefficient (Wildman–Crippen LogP) is 4.50. The Kier molecular flexibility index (Phi) is 4.00. The van der Waals surface area contributed by atoms with Crippen LogP contribution in [0.2, 0.25) is 0 Å². The van der Waals surface area contributed by atoms with Crippen molar-refractivity contribution < 1.29 is 13.9 Å². The van der Waals surface area contributed by atoms with E-state index < -0.39 is 0 Å². The second-order valence-electron chi connectivity index (χ2n) is 6.27. The lowest BCUT2D eigenvalue weighted by molar-refractivity contribution is 0.0533. The summed E-state index contributed by atoms with van der Waals surface area (Å²) < 4.78 is 11.1. The number of nitrogens with zero attached hydrogens (tertiary/aromatic N) is 1. The molecular weight excluding hydrogens is 336 g/mol. The Bertz CT molecular complexity index is 971. The molecule has 0 saturated carbocycles. The van der Waals surface area contributed by atoms with E-state index in [4.69, 9.17) is 19.9 Å². The second-order valence-corrected chi connectivity index (χ2v) is 7.27. The first kappa shape index (κ1) is 16.1. The number of furan rings is 1. The van der Waals surface area contributed by atoms with Gasteiger partial charge >= 0.3 is 5.97 Å². The average molecular weight is 356 g/mol. The van der Waals surface area contributed by atoms with Gasteiger partial charge in [-0.15, -0.1) is 11.3 Å². The van der Waals surface area contributed by atoms with Crippen LogP contribution >= 0.6 is 11.3 Å². The monoisotopic (exact) mass is 356 g/mol. The number of nitrogen functional groups attached to an aromatic ring is 1. The first-order valence-corrected chi connectivity index (χ1v) is 9.39. The van der Waals surface area contributed by atoms with Gasteiger partial charge in [0.15, 0.2) is 0 Å². The number of rotatable bonds is 3. The van der Waals surface area contributed by atoms with E-state index in [-0.39, 0.29) is 5.97 Å². The molecule has 3 heterocycles. The Labute approximate surface area is 149 Å². The summed E-state index contributed by atoms with van der Waals surface area (Å²) in [5.74, 6) is 1.26. The fourth-order valence-electron chi connectivity index (χ4n) is 3.50. The molecule has 1 aliphatic rings. The number of aryl methyl sites for hydroxylation is 2. The number of hydrogen-bond donors (Lipinski definition) is 1. The molecule has 6 heteroatoms. The van der Waals surface area contributed by atoms with Crippen molar-refractivity contribution in [2.45, 2.75) is 39.5 Å². The van der Waals surface area contributed by atoms with Gasteiger partial charge in [0.05, 0.1) is 12.3 Å². The van der Waals surface area contributed by atoms with E-state index in [9.17, 15) is 4.79 Å². The maximum atomic E-state index is 12.3. The van der Waals surface area contributed by atoms with Crippen molar-refractivity contribution >= 4 is 33.2 Å². The number of nitrogens with two attached hydrogens (primary N) is 1. The summed E-state index contributed by atoms with van der Waals surface area (Å²) in [7, 11) is 0. The van der Waals surface area contributed by atoms with Gasteiger partial charge in [0, 0.05) is 16.6 Å². The van der Waals surface area contributed by atoms with E-state index in [1.807, 2.05) is 19.1 Å². The first-order chi connectivity index (χ1) is 12.1. The molecule has 1 aliphatic carbocycles. The SMILES string of the molecule is CCOC(=O)c1sc2nc3c(c(-c4ccc(C)o4)c2c1N)CCCC3. The fourth-order valence-corrected chi connectivity index (χ4v) is 4.51. The minimum atomic E-state index is -0.387. The van der Waals surface area contributed by atoms with Crippen LogP contribution in [0.15, 0.2) is 16.5 Å². The number of carbonyl (C=O) groups is 1. The summed E-state index contributed by atoms with van der Waals surface area (Å²) in [5.41, 5.74) is 10.1. The number of carbonyl (C=O) groups excluding carboxylic acids is 1. The number of thiophene rings is 1. The summed E-state index contributed by atoms with van der Waals surface area (Å²) in [6.07, 6.45) is 4.16. The van der Waals surface area contributed by atoms with Crippen molar-refractivity contribution in [2.75, 3.05) is 12.3 Å². The minimum absolute atomic E-state index is 0.320. The molecule has 130 valence electrons. The van der Waals surface area contributed by atoms with Crippen LogP contribution in [0, 0.1) is 6.92 Å². The standard InChI is InChI=1S/C19H20N2O3S/c1-3-23-19(22)17-16(20)15-14(13-9-8-10(2)24-13)11-6-4-5-7-12(11)21-18(15)25-17/h8-9H,3-7,20H2,1-2H3. The van der Waals surface area contributed by atoms with Crippen LogP contribution in [0.25, 0.3) is 21.5 Å². The lowest BCUT2D eigenvalue weighted by Gasteiger charge is -2.18. The van der Waals surface area contributed by atoms with Gasteiger partial charge in [-0.25, -0.2) is 9.78 Å². The molecule has 0 spiro atoms. The summed E-state index contributed by atoms with van der Waals surface area (Å²) in [5, 5.41) is 0.822. The first-order valence-electron chi connectivity index (χ1n) is 8.57. The highest BCUT2D eigenvalue weighted by Crippen LogP contribution is 2.44. The van der Waals surface area contributed by atoms with Crippen LogP contribution in [0.4, 0.5) is 5.69 Å². The number of esters is 1. The number of aromatic nitrogens is 1. The normalized spacial score (nSPS) is 13.8. The Hall–Kier alpha value is -2.34. The van der Waals surface area contributed by atoms with Crippen molar-refractivity contribution in [1.82, 2.24) is 4.98 Å². The molecule has 0 atom stereocenters. The highest BCUT2D eigenvalue weighted by molar-refractivity contribution is 7.21. The second kappa shape index (κ2) is 6.19. The highest BCUT2D eigenvalue weighted by atomic mass is 32.1. The third-order valence-corrected chi connectivity index (χ3v) is 5.68. The van der Waals surface area contributed by atoms with Gasteiger partial charge in [-0.1, -0.05) is 0 Å². The molecule has 25 heavy (non-hydrogen) atoms. The van der Waals surface area contributed by atoms with Crippen molar-refractivity contribution in [3.8, 4) is 11.3 Å². The van der Waals surface area contributed by atoms with Crippen LogP contribution in [0.1, 0.15) is 46.5 Å². The highest BCUT2D eigenvalue weighted by Gasteiger charge is 2.27. The molecule has 0 fully saturated rings. The topological polar surface area (TPSA) is 78.3 Å². The molecule has 4 rings (SSSR count). The zero-order valence-corrected chi connectivity index (χ0v) is 15.2. The third-order valence-electron chi connectivity index (χ3n) is 4.60. The van der Waals surface area contributed by atoms with Crippen molar-refractivity contribution in [2.24, 2.45) is 0 Å². The lowest BCUT2D eigenvalue weighted by atomic mass is 9.89.